The zero-order valence-corrected chi connectivity index (χ0v) is 13.5. The fraction of sp³-hybridized carbons (Fsp3) is 0.250. The number of rotatable bonds is 4. The largest absolute Gasteiger partial charge is 0.494 e. The second-order valence-electron chi connectivity index (χ2n) is 4.72. The Balaban J connectivity index is 1.93. The van der Waals surface area contributed by atoms with Crippen LogP contribution in [0.3, 0.4) is 0 Å². The summed E-state index contributed by atoms with van der Waals surface area (Å²) >= 11 is 1.40. The monoisotopic (exact) mass is 318 g/mol. The quantitative estimate of drug-likeness (QED) is 0.852. The van der Waals surface area contributed by atoms with Gasteiger partial charge in [0, 0.05) is 10.4 Å². The topological polar surface area (TPSA) is 67.4 Å². The van der Waals surface area contributed by atoms with Gasteiger partial charge in [-0.1, -0.05) is 0 Å². The Morgan fingerprint density at radius 3 is 2.27 bits per heavy atom. The maximum absolute atomic E-state index is 12.0. The first-order chi connectivity index (χ1) is 10.5. The number of benzene rings is 1. The SMILES string of the molecule is CCOc1ccc(C(=O)NNC(=O)c2cc(C)c(C)s2)cc1. The molecule has 0 aliphatic rings. The Labute approximate surface area is 133 Å². The van der Waals surface area contributed by atoms with Crippen molar-refractivity contribution in [2.24, 2.45) is 0 Å². The van der Waals surface area contributed by atoms with Crippen molar-refractivity contribution in [2.45, 2.75) is 20.8 Å². The molecule has 0 aliphatic carbocycles. The van der Waals surface area contributed by atoms with Crippen LogP contribution in [0.4, 0.5) is 0 Å². The van der Waals surface area contributed by atoms with Gasteiger partial charge in [0.25, 0.3) is 11.8 Å². The Morgan fingerprint density at radius 1 is 1.09 bits per heavy atom. The third-order valence-corrected chi connectivity index (χ3v) is 4.26. The molecule has 5 nitrogen and oxygen atoms in total. The lowest BCUT2D eigenvalue weighted by Gasteiger charge is -2.07. The van der Waals surface area contributed by atoms with Crippen LogP contribution in [0.15, 0.2) is 30.3 Å². The van der Waals surface area contributed by atoms with E-state index in [-0.39, 0.29) is 11.8 Å². The third-order valence-electron chi connectivity index (χ3n) is 3.11. The first-order valence-corrected chi connectivity index (χ1v) is 7.73. The van der Waals surface area contributed by atoms with E-state index in [1.807, 2.05) is 20.8 Å². The van der Waals surface area contributed by atoms with Gasteiger partial charge in [-0.2, -0.15) is 0 Å². The summed E-state index contributed by atoms with van der Waals surface area (Å²) in [6.07, 6.45) is 0. The number of thiophene rings is 1. The first kappa shape index (κ1) is 16.0. The molecule has 0 unspecified atom stereocenters. The molecule has 2 rings (SSSR count). The van der Waals surface area contributed by atoms with Gasteiger partial charge in [-0.15, -0.1) is 11.3 Å². The van der Waals surface area contributed by atoms with E-state index in [4.69, 9.17) is 4.74 Å². The van der Waals surface area contributed by atoms with E-state index in [2.05, 4.69) is 10.9 Å². The Kier molecular flexibility index (Phi) is 5.16. The summed E-state index contributed by atoms with van der Waals surface area (Å²) in [7, 11) is 0. The average molecular weight is 318 g/mol. The highest BCUT2D eigenvalue weighted by molar-refractivity contribution is 7.14. The second kappa shape index (κ2) is 7.09. The molecule has 0 spiro atoms. The molecule has 1 aromatic carbocycles. The molecule has 22 heavy (non-hydrogen) atoms. The maximum atomic E-state index is 12.0. The van der Waals surface area contributed by atoms with Crippen LogP contribution in [0.25, 0.3) is 0 Å². The highest BCUT2D eigenvalue weighted by Crippen LogP contribution is 2.20. The summed E-state index contributed by atoms with van der Waals surface area (Å²) in [5.74, 6) is 0.00880. The highest BCUT2D eigenvalue weighted by atomic mass is 32.1. The number of hydrogen-bond acceptors (Lipinski definition) is 4. The van der Waals surface area contributed by atoms with Crippen LogP contribution >= 0.6 is 11.3 Å². The van der Waals surface area contributed by atoms with Gasteiger partial charge >= 0.3 is 0 Å². The lowest BCUT2D eigenvalue weighted by atomic mass is 10.2. The molecule has 6 heteroatoms. The fourth-order valence-electron chi connectivity index (χ4n) is 1.80. The summed E-state index contributed by atoms with van der Waals surface area (Å²) in [6.45, 7) is 6.36. The van der Waals surface area contributed by atoms with Gasteiger partial charge in [0.1, 0.15) is 5.75 Å². The van der Waals surface area contributed by atoms with Gasteiger partial charge in [0.2, 0.25) is 0 Å². The second-order valence-corrected chi connectivity index (χ2v) is 5.97. The minimum absolute atomic E-state index is 0.319. The van der Waals surface area contributed by atoms with Crippen molar-refractivity contribution in [3.8, 4) is 5.75 Å². The number of hydrazine groups is 1. The lowest BCUT2D eigenvalue weighted by Crippen LogP contribution is -2.41. The molecule has 2 N–H and O–H groups in total. The Bertz CT molecular complexity index is 658. The van der Waals surface area contributed by atoms with E-state index in [0.29, 0.717) is 22.8 Å². The number of ether oxygens (including phenoxy) is 1. The van der Waals surface area contributed by atoms with Gasteiger partial charge in [0.05, 0.1) is 11.5 Å². The van der Waals surface area contributed by atoms with Crippen molar-refractivity contribution in [1.82, 2.24) is 10.9 Å². The molecule has 0 radical (unpaired) electrons. The maximum Gasteiger partial charge on any atom is 0.279 e. The molecule has 116 valence electrons. The molecule has 2 amide bonds. The van der Waals surface area contributed by atoms with E-state index >= 15 is 0 Å². The lowest BCUT2D eigenvalue weighted by molar-refractivity contribution is 0.0849. The number of carbonyl (C=O) groups excluding carboxylic acids is 2. The van der Waals surface area contributed by atoms with Crippen LogP contribution < -0.4 is 15.6 Å². The molecule has 0 fully saturated rings. The van der Waals surface area contributed by atoms with Crippen LogP contribution in [0.2, 0.25) is 0 Å². The van der Waals surface area contributed by atoms with Gasteiger partial charge in [-0.05, 0) is 56.7 Å². The summed E-state index contributed by atoms with van der Waals surface area (Å²) in [5, 5.41) is 0. The van der Waals surface area contributed by atoms with Crippen LogP contribution in [0.5, 0.6) is 5.75 Å². The van der Waals surface area contributed by atoms with Crippen LogP contribution in [0.1, 0.15) is 37.4 Å². The van der Waals surface area contributed by atoms with Crippen LogP contribution in [-0.2, 0) is 0 Å². The van der Waals surface area contributed by atoms with Crippen molar-refractivity contribution in [3.05, 3.63) is 51.2 Å². The number of carbonyl (C=O) groups is 2. The third kappa shape index (κ3) is 3.85. The number of nitrogens with one attached hydrogen (secondary N) is 2. The molecular formula is C16H18N2O3S. The van der Waals surface area contributed by atoms with Gasteiger partial charge in [0.15, 0.2) is 0 Å². The molecule has 2 aromatic rings. The van der Waals surface area contributed by atoms with Crippen LogP contribution in [0, 0.1) is 13.8 Å². The van der Waals surface area contributed by atoms with E-state index in [9.17, 15) is 9.59 Å². The molecule has 1 heterocycles. The normalized spacial score (nSPS) is 10.1. The summed E-state index contributed by atoms with van der Waals surface area (Å²) < 4.78 is 5.31. The van der Waals surface area contributed by atoms with Gasteiger partial charge in [-0.25, -0.2) is 0 Å². The van der Waals surface area contributed by atoms with E-state index in [1.165, 1.54) is 11.3 Å². The van der Waals surface area contributed by atoms with Crippen molar-refractivity contribution >= 4 is 23.2 Å². The van der Waals surface area contributed by atoms with Gasteiger partial charge < -0.3 is 4.74 Å². The minimum atomic E-state index is -0.374. The summed E-state index contributed by atoms with van der Waals surface area (Å²) in [6, 6.07) is 8.52. The molecule has 0 aliphatic heterocycles. The van der Waals surface area contributed by atoms with Crippen molar-refractivity contribution in [2.75, 3.05) is 6.61 Å². The highest BCUT2D eigenvalue weighted by Gasteiger charge is 2.12. The zero-order chi connectivity index (χ0) is 16.1. The number of aryl methyl sites for hydroxylation is 2. The van der Waals surface area contributed by atoms with Crippen LogP contribution in [-0.4, -0.2) is 18.4 Å². The predicted molar refractivity (Wildman–Crippen MR) is 86.3 cm³/mol. The Hall–Kier alpha value is -2.34. The molecule has 0 saturated heterocycles. The summed E-state index contributed by atoms with van der Waals surface area (Å²) in [4.78, 5) is 25.6. The number of hydrogen-bond donors (Lipinski definition) is 2. The first-order valence-electron chi connectivity index (χ1n) is 6.92. The molecule has 1 aromatic heterocycles. The minimum Gasteiger partial charge on any atom is -0.494 e. The number of amides is 2. The molecular weight excluding hydrogens is 300 g/mol. The zero-order valence-electron chi connectivity index (χ0n) is 12.7. The van der Waals surface area contributed by atoms with Crippen molar-refractivity contribution in [1.29, 1.82) is 0 Å². The standard InChI is InChI=1S/C16H18N2O3S/c1-4-21-13-7-5-12(6-8-13)15(19)17-18-16(20)14-9-10(2)11(3)22-14/h5-9H,4H2,1-3H3,(H,17,19)(H,18,20). The summed E-state index contributed by atoms with van der Waals surface area (Å²) in [5.41, 5.74) is 6.33. The van der Waals surface area contributed by atoms with Crippen molar-refractivity contribution < 1.29 is 14.3 Å². The van der Waals surface area contributed by atoms with Gasteiger partial charge in [-0.3, -0.25) is 20.4 Å². The smallest absolute Gasteiger partial charge is 0.279 e. The van der Waals surface area contributed by atoms with Crippen molar-refractivity contribution in [3.63, 3.8) is 0 Å². The molecule has 0 bridgehead atoms. The predicted octanol–water partition coefficient (Wildman–Crippen LogP) is 2.84. The van der Waals surface area contributed by atoms with E-state index < -0.39 is 0 Å². The fourth-order valence-corrected chi connectivity index (χ4v) is 2.73. The van der Waals surface area contributed by atoms with E-state index in [0.717, 1.165) is 10.4 Å². The molecule has 0 atom stereocenters. The van der Waals surface area contributed by atoms with E-state index in [1.54, 1.807) is 30.3 Å². The Morgan fingerprint density at radius 2 is 1.73 bits per heavy atom. The molecule has 0 saturated carbocycles. The average Bonchev–Trinajstić information content (AvgIpc) is 2.85.